The topological polar surface area (TPSA) is 9.23 Å². The molecule has 0 aromatic heterocycles. The van der Waals surface area contributed by atoms with Crippen molar-refractivity contribution in [2.75, 3.05) is 12.3 Å². The first-order chi connectivity index (χ1) is 8.66. The van der Waals surface area contributed by atoms with Crippen LogP contribution in [-0.2, 0) is 4.74 Å². The van der Waals surface area contributed by atoms with E-state index in [0.29, 0.717) is 11.3 Å². The van der Waals surface area contributed by atoms with Gasteiger partial charge in [-0.15, -0.1) is 0 Å². The van der Waals surface area contributed by atoms with Crippen LogP contribution in [0.1, 0.15) is 41.5 Å². The van der Waals surface area contributed by atoms with Gasteiger partial charge in [-0.3, -0.25) is 0 Å². The Morgan fingerprint density at radius 2 is 1.74 bits per heavy atom. The lowest BCUT2D eigenvalue weighted by atomic mass is 10.1. The van der Waals surface area contributed by atoms with E-state index in [9.17, 15) is 0 Å². The highest BCUT2D eigenvalue weighted by Crippen LogP contribution is 2.71. The van der Waals surface area contributed by atoms with Crippen molar-refractivity contribution in [2.24, 2.45) is 0 Å². The lowest BCUT2D eigenvalue weighted by molar-refractivity contribution is -0.0465. The zero-order chi connectivity index (χ0) is 14.3. The second kappa shape index (κ2) is 4.86. The van der Waals surface area contributed by atoms with Gasteiger partial charge in [-0.1, -0.05) is 18.2 Å². The summed E-state index contributed by atoms with van der Waals surface area (Å²) < 4.78 is 6.17. The first-order valence-corrected chi connectivity index (χ1v) is 9.43. The van der Waals surface area contributed by atoms with E-state index in [1.807, 2.05) is 0 Å². The standard InChI is InChI=1S/C17H28OP/c1-14-12-19(16(2,3)4,13-17(5,6)18-14)15-10-8-7-9-11-15/h7-11,14H,12-13H2,1-6H3/q+1/t14-,19?/m0/s1. The van der Waals surface area contributed by atoms with Crippen LogP contribution in [0.3, 0.4) is 0 Å². The molecule has 0 amide bonds. The Morgan fingerprint density at radius 3 is 2.21 bits per heavy atom. The molecule has 1 fully saturated rings. The number of ether oxygens (including phenoxy) is 1. The molecule has 0 spiro atoms. The van der Waals surface area contributed by atoms with Crippen molar-refractivity contribution in [3.05, 3.63) is 30.3 Å². The molecule has 2 heteroatoms. The van der Waals surface area contributed by atoms with Crippen LogP contribution in [0.4, 0.5) is 0 Å². The first kappa shape index (κ1) is 15.0. The van der Waals surface area contributed by atoms with Crippen LogP contribution in [0.25, 0.3) is 0 Å². The number of hydrogen-bond acceptors (Lipinski definition) is 1. The molecule has 1 unspecified atom stereocenters. The molecule has 1 aromatic rings. The lowest BCUT2D eigenvalue weighted by Crippen LogP contribution is -2.49. The Labute approximate surface area is 119 Å². The van der Waals surface area contributed by atoms with Crippen LogP contribution in [0.15, 0.2) is 30.3 Å². The number of rotatable bonds is 1. The Morgan fingerprint density at radius 1 is 1.16 bits per heavy atom. The predicted octanol–water partition coefficient (Wildman–Crippen LogP) is 4.33. The van der Waals surface area contributed by atoms with Gasteiger partial charge in [0.05, 0.1) is 41.8 Å². The highest BCUT2D eigenvalue weighted by molar-refractivity contribution is 7.84. The van der Waals surface area contributed by atoms with E-state index in [0.717, 1.165) is 0 Å². The average molecular weight is 279 g/mol. The Hall–Kier alpha value is -0.390. The summed E-state index contributed by atoms with van der Waals surface area (Å²) in [6, 6.07) is 11.2. The summed E-state index contributed by atoms with van der Waals surface area (Å²) in [5, 5.41) is 1.91. The molecule has 0 aliphatic carbocycles. The summed E-state index contributed by atoms with van der Waals surface area (Å²) in [5.74, 6) is 0. The molecule has 0 bridgehead atoms. The van der Waals surface area contributed by atoms with E-state index in [-0.39, 0.29) is 5.60 Å². The van der Waals surface area contributed by atoms with Crippen molar-refractivity contribution in [1.29, 1.82) is 0 Å². The van der Waals surface area contributed by atoms with Crippen molar-refractivity contribution in [3.8, 4) is 0 Å². The summed E-state index contributed by atoms with van der Waals surface area (Å²) in [6.45, 7) is 14.0. The van der Waals surface area contributed by atoms with Gasteiger partial charge in [0.2, 0.25) is 0 Å². The van der Waals surface area contributed by atoms with Gasteiger partial charge in [0.25, 0.3) is 0 Å². The SMILES string of the molecule is C[C@H]1C[P+](c2ccccc2)(C(C)(C)C)CC(C)(C)O1. The predicted molar refractivity (Wildman–Crippen MR) is 87.1 cm³/mol. The van der Waals surface area contributed by atoms with E-state index >= 15 is 0 Å². The molecule has 19 heavy (non-hydrogen) atoms. The van der Waals surface area contributed by atoms with E-state index in [4.69, 9.17) is 4.74 Å². The van der Waals surface area contributed by atoms with Crippen molar-refractivity contribution < 1.29 is 4.74 Å². The number of hydrogen-bond donors (Lipinski definition) is 0. The van der Waals surface area contributed by atoms with E-state index in [1.54, 1.807) is 5.30 Å². The molecule has 0 radical (unpaired) electrons. The summed E-state index contributed by atoms with van der Waals surface area (Å²) in [4.78, 5) is 0. The fourth-order valence-corrected chi connectivity index (χ4v) is 8.97. The molecule has 1 nitrogen and oxygen atoms in total. The summed E-state index contributed by atoms with van der Waals surface area (Å²) in [5.41, 5.74) is -0.00539. The van der Waals surface area contributed by atoms with Crippen LogP contribution < -0.4 is 5.30 Å². The summed E-state index contributed by atoms with van der Waals surface area (Å²) in [7, 11) is -1.23. The average Bonchev–Trinajstić information content (AvgIpc) is 2.26. The molecule has 2 rings (SSSR count). The molecule has 1 aromatic carbocycles. The Kier molecular flexibility index (Phi) is 3.84. The minimum atomic E-state index is -1.23. The molecule has 1 aliphatic rings. The first-order valence-electron chi connectivity index (χ1n) is 7.27. The fraction of sp³-hybridized carbons (Fsp3) is 0.647. The maximum atomic E-state index is 6.17. The highest BCUT2D eigenvalue weighted by Gasteiger charge is 2.58. The molecule has 0 N–H and O–H groups in total. The van der Waals surface area contributed by atoms with E-state index in [2.05, 4.69) is 71.9 Å². The van der Waals surface area contributed by atoms with Gasteiger partial charge in [-0.2, -0.15) is 0 Å². The fourth-order valence-electron chi connectivity index (χ4n) is 3.58. The maximum Gasteiger partial charge on any atom is 0.0969 e. The summed E-state index contributed by atoms with van der Waals surface area (Å²) in [6.07, 6.45) is 2.76. The van der Waals surface area contributed by atoms with Gasteiger partial charge in [-0.25, -0.2) is 0 Å². The normalized spacial score (nSPS) is 31.2. The van der Waals surface area contributed by atoms with E-state index < -0.39 is 7.26 Å². The lowest BCUT2D eigenvalue weighted by Gasteiger charge is -2.48. The van der Waals surface area contributed by atoms with Gasteiger partial charge in [0.1, 0.15) is 0 Å². The zero-order valence-corrected chi connectivity index (χ0v) is 14.1. The van der Waals surface area contributed by atoms with Gasteiger partial charge in [0.15, 0.2) is 0 Å². The second-order valence-electron chi connectivity index (χ2n) is 7.50. The molecule has 106 valence electrons. The quantitative estimate of drug-likeness (QED) is 0.695. The molecule has 1 saturated heterocycles. The molecule has 1 heterocycles. The van der Waals surface area contributed by atoms with Crippen LogP contribution in [0.5, 0.6) is 0 Å². The van der Waals surface area contributed by atoms with E-state index in [1.165, 1.54) is 12.3 Å². The molecular formula is C17H28OP+. The largest absolute Gasteiger partial charge is 0.365 e. The highest BCUT2D eigenvalue weighted by atomic mass is 31.2. The third-order valence-corrected chi connectivity index (χ3v) is 10.6. The smallest absolute Gasteiger partial charge is 0.0969 e. The second-order valence-corrected chi connectivity index (χ2v) is 12.0. The minimum absolute atomic E-state index is 0.00539. The maximum absolute atomic E-state index is 6.17. The molecule has 2 atom stereocenters. The van der Waals surface area contributed by atoms with Crippen molar-refractivity contribution in [2.45, 2.75) is 58.4 Å². The van der Waals surface area contributed by atoms with Crippen molar-refractivity contribution in [1.82, 2.24) is 0 Å². The monoisotopic (exact) mass is 279 g/mol. The van der Waals surface area contributed by atoms with Crippen molar-refractivity contribution >= 4 is 12.6 Å². The van der Waals surface area contributed by atoms with Crippen molar-refractivity contribution in [3.63, 3.8) is 0 Å². The number of benzene rings is 1. The Balaban J connectivity index is 2.53. The Bertz CT molecular complexity index is 432. The molecule has 0 saturated carbocycles. The van der Waals surface area contributed by atoms with Gasteiger partial charge in [-0.05, 0) is 53.7 Å². The summed E-state index contributed by atoms with van der Waals surface area (Å²) >= 11 is 0. The third-order valence-electron chi connectivity index (χ3n) is 4.27. The molecular weight excluding hydrogens is 251 g/mol. The van der Waals surface area contributed by atoms with Crippen LogP contribution in [0, 0.1) is 0 Å². The minimum Gasteiger partial charge on any atom is -0.365 e. The third kappa shape index (κ3) is 2.88. The molecule has 1 aliphatic heterocycles. The zero-order valence-electron chi connectivity index (χ0n) is 13.2. The van der Waals surface area contributed by atoms with Gasteiger partial charge in [0, 0.05) is 0 Å². The van der Waals surface area contributed by atoms with Crippen LogP contribution in [0.2, 0.25) is 0 Å². The van der Waals surface area contributed by atoms with Crippen LogP contribution >= 0.6 is 7.26 Å². The van der Waals surface area contributed by atoms with Gasteiger partial charge >= 0.3 is 0 Å². The van der Waals surface area contributed by atoms with Gasteiger partial charge < -0.3 is 4.74 Å². The van der Waals surface area contributed by atoms with Crippen LogP contribution in [-0.4, -0.2) is 29.2 Å².